The van der Waals surface area contributed by atoms with Gasteiger partial charge in [-0.2, -0.15) is 13.2 Å². The molecule has 0 aliphatic rings. The van der Waals surface area contributed by atoms with Gasteiger partial charge >= 0.3 is 6.18 Å². The van der Waals surface area contributed by atoms with Crippen molar-refractivity contribution >= 4 is 11.3 Å². The van der Waals surface area contributed by atoms with Gasteiger partial charge < -0.3 is 10.8 Å². The predicted molar refractivity (Wildman–Crippen MR) is 38.9 cm³/mol. The lowest BCUT2D eigenvalue weighted by Gasteiger charge is -1.99. The quantitative estimate of drug-likeness (QED) is 0.722. The van der Waals surface area contributed by atoms with Gasteiger partial charge in [0.05, 0.1) is 4.88 Å². The first-order valence-electron chi connectivity index (χ1n) is 3.04. The Balaban J connectivity index is 3.05. The second kappa shape index (κ2) is 2.95. The molecule has 2 nitrogen and oxygen atoms in total. The fourth-order valence-electron chi connectivity index (χ4n) is 0.705. The zero-order valence-electron chi connectivity index (χ0n) is 5.85. The lowest BCUT2D eigenvalue weighted by Crippen LogP contribution is -2.00. The molecule has 0 saturated heterocycles. The van der Waals surface area contributed by atoms with Crippen molar-refractivity contribution < 1.29 is 18.3 Å². The lowest BCUT2D eigenvalue weighted by atomic mass is 10.4. The van der Waals surface area contributed by atoms with Gasteiger partial charge in [0.2, 0.25) is 0 Å². The molecule has 1 rings (SSSR count). The first-order chi connectivity index (χ1) is 5.45. The summed E-state index contributed by atoms with van der Waals surface area (Å²) >= 11 is 0.466. The largest absolute Gasteiger partial charge is 0.507 e. The van der Waals surface area contributed by atoms with E-state index >= 15 is 0 Å². The predicted octanol–water partition coefficient (Wildman–Crippen LogP) is 1.93. The van der Waals surface area contributed by atoms with Crippen molar-refractivity contribution in [1.29, 1.82) is 0 Å². The first-order valence-corrected chi connectivity index (χ1v) is 3.85. The Morgan fingerprint density at radius 1 is 1.50 bits per heavy atom. The molecule has 0 amide bonds. The van der Waals surface area contributed by atoms with Crippen LogP contribution in [0.3, 0.4) is 0 Å². The summed E-state index contributed by atoms with van der Waals surface area (Å²) in [5.74, 6) is -0.380. The normalized spacial score (nSPS) is 12.0. The maximum atomic E-state index is 12.0. The molecule has 0 radical (unpaired) electrons. The van der Waals surface area contributed by atoms with E-state index in [0.29, 0.717) is 17.4 Å². The van der Waals surface area contributed by atoms with Crippen LogP contribution in [0, 0.1) is 0 Å². The molecule has 1 aromatic heterocycles. The molecule has 0 fully saturated rings. The van der Waals surface area contributed by atoms with E-state index in [1.54, 1.807) is 0 Å². The highest BCUT2D eigenvalue weighted by Gasteiger charge is 2.33. The number of halogens is 3. The Kier molecular flexibility index (Phi) is 2.29. The van der Waals surface area contributed by atoms with E-state index in [0.717, 1.165) is 0 Å². The van der Waals surface area contributed by atoms with Gasteiger partial charge in [-0.05, 0) is 0 Å². The van der Waals surface area contributed by atoms with Gasteiger partial charge in [-0.3, -0.25) is 0 Å². The van der Waals surface area contributed by atoms with Crippen molar-refractivity contribution in [2.45, 2.75) is 12.7 Å². The van der Waals surface area contributed by atoms with Gasteiger partial charge in [-0.1, -0.05) is 0 Å². The monoisotopic (exact) mass is 197 g/mol. The minimum absolute atomic E-state index is 0.0768. The SMILES string of the molecule is NCc1sc(C(F)(F)F)cc1O. The second-order valence-corrected chi connectivity index (χ2v) is 3.26. The molecular formula is C6H6F3NOS. The van der Waals surface area contributed by atoms with E-state index in [1.165, 1.54) is 0 Å². The van der Waals surface area contributed by atoms with Gasteiger partial charge in [-0.25, -0.2) is 0 Å². The summed E-state index contributed by atoms with van der Waals surface area (Å²) in [4.78, 5) is -0.664. The summed E-state index contributed by atoms with van der Waals surface area (Å²) in [6.45, 7) is -0.0768. The molecule has 1 heterocycles. The van der Waals surface area contributed by atoms with E-state index < -0.39 is 11.1 Å². The summed E-state index contributed by atoms with van der Waals surface area (Å²) < 4.78 is 35.9. The van der Waals surface area contributed by atoms with Gasteiger partial charge in [-0.15, -0.1) is 11.3 Å². The zero-order chi connectivity index (χ0) is 9.35. The molecule has 0 unspecified atom stereocenters. The number of alkyl halides is 3. The number of aromatic hydroxyl groups is 1. The third-order valence-electron chi connectivity index (χ3n) is 1.25. The van der Waals surface area contributed by atoms with Crippen LogP contribution in [-0.4, -0.2) is 5.11 Å². The van der Waals surface area contributed by atoms with E-state index in [4.69, 9.17) is 10.8 Å². The fourth-order valence-corrected chi connectivity index (χ4v) is 1.50. The van der Waals surface area contributed by atoms with Crippen molar-refractivity contribution in [2.75, 3.05) is 0 Å². The Morgan fingerprint density at radius 2 is 2.08 bits per heavy atom. The van der Waals surface area contributed by atoms with E-state index in [-0.39, 0.29) is 17.2 Å². The lowest BCUT2D eigenvalue weighted by molar-refractivity contribution is -0.134. The molecule has 0 aliphatic heterocycles. The fraction of sp³-hybridized carbons (Fsp3) is 0.333. The van der Waals surface area contributed by atoms with Gasteiger partial charge in [0, 0.05) is 12.6 Å². The van der Waals surface area contributed by atoms with Crippen LogP contribution >= 0.6 is 11.3 Å². The maximum Gasteiger partial charge on any atom is 0.425 e. The molecule has 0 aliphatic carbocycles. The Hall–Kier alpha value is -0.750. The van der Waals surface area contributed by atoms with E-state index in [1.807, 2.05) is 0 Å². The standard InChI is InChI=1S/C6H6F3NOS/c7-6(8,9)5-1-3(11)4(2-10)12-5/h1,11H,2,10H2. The average Bonchev–Trinajstić information content (AvgIpc) is 2.29. The summed E-state index contributed by atoms with van der Waals surface area (Å²) in [5.41, 5.74) is 5.09. The number of rotatable bonds is 1. The summed E-state index contributed by atoms with van der Waals surface area (Å²) in [7, 11) is 0. The Bertz CT molecular complexity index is 281. The van der Waals surface area contributed by atoms with Crippen molar-refractivity contribution in [3.05, 3.63) is 15.8 Å². The van der Waals surface area contributed by atoms with E-state index in [9.17, 15) is 13.2 Å². The van der Waals surface area contributed by atoms with Crippen LogP contribution in [-0.2, 0) is 12.7 Å². The molecular weight excluding hydrogens is 191 g/mol. The van der Waals surface area contributed by atoms with Crippen LogP contribution in [0.15, 0.2) is 6.07 Å². The second-order valence-electron chi connectivity index (χ2n) is 2.12. The zero-order valence-corrected chi connectivity index (χ0v) is 6.67. The molecule has 0 spiro atoms. The molecule has 0 aromatic carbocycles. The van der Waals surface area contributed by atoms with Crippen molar-refractivity contribution in [1.82, 2.24) is 0 Å². The molecule has 12 heavy (non-hydrogen) atoms. The maximum absolute atomic E-state index is 12.0. The third-order valence-corrected chi connectivity index (χ3v) is 2.44. The smallest absolute Gasteiger partial charge is 0.425 e. The summed E-state index contributed by atoms with van der Waals surface area (Å²) in [6, 6.07) is 0.687. The van der Waals surface area contributed by atoms with Crippen LogP contribution in [0.1, 0.15) is 9.75 Å². The number of hydrogen-bond acceptors (Lipinski definition) is 3. The van der Waals surface area contributed by atoms with Crippen LogP contribution in [0.2, 0.25) is 0 Å². The van der Waals surface area contributed by atoms with Crippen LogP contribution in [0.25, 0.3) is 0 Å². The topological polar surface area (TPSA) is 46.2 Å². The van der Waals surface area contributed by atoms with Gasteiger partial charge in [0.1, 0.15) is 10.6 Å². The summed E-state index contributed by atoms with van der Waals surface area (Å²) in [5, 5.41) is 8.93. The van der Waals surface area contributed by atoms with Gasteiger partial charge in [0.15, 0.2) is 0 Å². The van der Waals surface area contributed by atoms with Crippen molar-refractivity contribution in [2.24, 2.45) is 5.73 Å². The Morgan fingerprint density at radius 3 is 2.33 bits per heavy atom. The molecule has 3 N–H and O–H groups in total. The number of nitrogens with two attached hydrogens (primary N) is 1. The number of thiophene rings is 1. The van der Waals surface area contributed by atoms with Gasteiger partial charge in [0.25, 0.3) is 0 Å². The minimum Gasteiger partial charge on any atom is -0.507 e. The first kappa shape index (κ1) is 9.34. The van der Waals surface area contributed by atoms with Crippen LogP contribution in [0.4, 0.5) is 13.2 Å². The minimum atomic E-state index is -4.39. The van der Waals surface area contributed by atoms with Crippen molar-refractivity contribution in [3.8, 4) is 5.75 Å². The highest BCUT2D eigenvalue weighted by molar-refractivity contribution is 7.12. The molecule has 0 bridgehead atoms. The molecule has 68 valence electrons. The molecule has 0 atom stereocenters. The molecule has 1 aromatic rings. The molecule has 0 saturated carbocycles. The highest BCUT2D eigenvalue weighted by atomic mass is 32.1. The third kappa shape index (κ3) is 1.70. The summed E-state index contributed by atoms with van der Waals surface area (Å²) in [6.07, 6.45) is -4.39. The average molecular weight is 197 g/mol. The van der Waals surface area contributed by atoms with Crippen molar-refractivity contribution in [3.63, 3.8) is 0 Å². The number of hydrogen-bond donors (Lipinski definition) is 2. The Labute approximate surface area is 70.4 Å². The highest BCUT2D eigenvalue weighted by Crippen LogP contribution is 2.39. The van der Waals surface area contributed by atoms with Crippen LogP contribution in [0.5, 0.6) is 5.75 Å². The molecule has 6 heteroatoms. The van der Waals surface area contributed by atoms with E-state index in [2.05, 4.69) is 0 Å². The van der Waals surface area contributed by atoms with Crippen LogP contribution < -0.4 is 5.73 Å².